The van der Waals surface area contributed by atoms with Crippen molar-refractivity contribution in [2.24, 2.45) is 0 Å². The molecule has 5 rings (SSSR count). The molecule has 0 bridgehead atoms. The van der Waals surface area contributed by atoms with Crippen LogP contribution in [-0.4, -0.2) is 29.4 Å². The Morgan fingerprint density at radius 2 is 1.71 bits per heavy atom. The van der Waals surface area contributed by atoms with Gasteiger partial charge in [0.05, 0.1) is 17.8 Å². The van der Waals surface area contributed by atoms with E-state index in [0.29, 0.717) is 24.3 Å². The van der Waals surface area contributed by atoms with Crippen molar-refractivity contribution in [3.05, 3.63) is 87.9 Å². The SMILES string of the molecule is CCc1nn2c(nnc3c(=O)n(Cc4ccc(C)cc4)cnc32)c1-c1ccc(F)cc1. The summed E-state index contributed by atoms with van der Waals surface area (Å²) in [6.45, 7) is 4.39. The Hall–Kier alpha value is -3.94. The number of halogens is 1. The van der Waals surface area contributed by atoms with Crippen molar-refractivity contribution in [1.82, 2.24) is 29.4 Å². The van der Waals surface area contributed by atoms with E-state index in [-0.39, 0.29) is 16.9 Å². The van der Waals surface area contributed by atoms with E-state index in [2.05, 4.69) is 20.3 Å². The average molecular weight is 414 g/mol. The van der Waals surface area contributed by atoms with Crippen molar-refractivity contribution in [2.45, 2.75) is 26.8 Å². The van der Waals surface area contributed by atoms with Gasteiger partial charge in [0.25, 0.3) is 5.56 Å². The Kier molecular flexibility index (Phi) is 4.54. The summed E-state index contributed by atoms with van der Waals surface area (Å²) < 4.78 is 16.5. The second-order valence-corrected chi connectivity index (χ2v) is 7.45. The van der Waals surface area contributed by atoms with Crippen LogP contribution in [0.2, 0.25) is 0 Å². The molecular formula is C23H19FN6O. The molecule has 8 heteroatoms. The summed E-state index contributed by atoms with van der Waals surface area (Å²) in [7, 11) is 0. The minimum absolute atomic E-state index is 0.151. The Morgan fingerprint density at radius 3 is 2.42 bits per heavy atom. The molecule has 0 N–H and O–H groups in total. The number of rotatable bonds is 4. The van der Waals surface area contributed by atoms with Crippen molar-refractivity contribution in [3.63, 3.8) is 0 Å². The molecule has 2 aromatic carbocycles. The quantitative estimate of drug-likeness (QED) is 0.449. The molecule has 0 saturated heterocycles. The maximum absolute atomic E-state index is 13.4. The first-order valence-corrected chi connectivity index (χ1v) is 10.00. The predicted octanol–water partition coefficient (Wildman–Crippen LogP) is 3.56. The molecule has 0 unspecified atom stereocenters. The average Bonchev–Trinajstić information content (AvgIpc) is 3.17. The zero-order valence-corrected chi connectivity index (χ0v) is 17.1. The van der Waals surface area contributed by atoms with E-state index in [1.54, 1.807) is 16.6 Å². The van der Waals surface area contributed by atoms with Gasteiger partial charge in [0.2, 0.25) is 0 Å². The zero-order chi connectivity index (χ0) is 21.5. The first-order chi connectivity index (χ1) is 15.0. The van der Waals surface area contributed by atoms with Crippen molar-refractivity contribution >= 4 is 16.8 Å². The topological polar surface area (TPSA) is 78.0 Å². The van der Waals surface area contributed by atoms with Crippen molar-refractivity contribution in [1.29, 1.82) is 0 Å². The number of hydrogen-bond acceptors (Lipinski definition) is 5. The Morgan fingerprint density at radius 1 is 0.968 bits per heavy atom. The van der Waals surface area contributed by atoms with Gasteiger partial charge in [-0.05, 0) is 36.6 Å². The van der Waals surface area contributed by atoms with Gasteiger partial charge in [0.15, 0.2) is 16.8 Å². The van der Waals surface area contributed by atoms with E-state index < -0.39 is 0 Å². The monoisotopic (exact) mass is 414 g/mol. The second-order valence-electron chi connectivity index (χ2n) is 7.45. The van der Waals surface area contributed by atoms with Crippen LogP contribution in [0.4, 0.5) is 4.39 Å². The van der Waals surface area contributed by atoms with Crippen LogP contribution in [0.25, 0.3) is 27.9 Å². The van der Waals surface area contributed by atoms with E-state index >= 15 is 0 Å². The summed E-state index contributed by atoms with van der Waals surface area (Å²) in [5.41, 5.74) is 5.18. The molecule has 0 amide bonds. The van der Waals surface area contributed by atoms with Crippen LogP contribution in [0.3, 0.4) is 0 Å². The third-order valence-electron chi connectivity index (χ3n) is 5.31. The fourth-order valence-electron chi connectivity index (χ4n) is 3.67. The largest absolute Gasteiger partial charge is 0.293 e. The molecule has 0 saturated carbocycles. The third kappa shape index (κ3) is 3.26. The minimum Gasteiger partial charge on any atom is -0.293 e. The van der Waals surface area contributed by atoms with Crippen LogP contribution < -0.4 is 5.56 Å². The lowest BCUT2D eigenvalue weighted by molar-refractivity contribution is 0.628. The Balaban J connectivity index is 1.67. The van der Waals surface area contributed by atoms with Gasteiger partial charge in [-0.2, -0.15) is 9.61 Å². The number of aryl methyl sites for hydroxylation is 2. The summed E-state index contributed by atoms with van der Waals surface area (Å²) in [6.07, 6.45) is 2.15. The summed E-state index contributed by atoms with van der Waals surface area (Å²) in [5.74, 6) is -0.314. The highest BCUT2D eigenvalue weighted by Gasteiger charge is 2.19. The summed E-state index contributed by atoms with van der Waals surface area (Å²) >= 11 is 0. The number of aromatic nitrogens is 6. The molecule has 154 valence electrons. The lowest BCUT2D eigenvalue weighted by Gasteiger charge is -2.07. The summed E-state index contributed by atoms with van der Waals surface area (Å²) in [6, 6.07) is 14.1. The van der Waals surface area contributed by atoms with Crippen LogP contribution in [0, 0.1) is 12.7 Å². The van der Waals surface area contributed by atoms with Crippen molar-refractivity contribution < 1.29 is 4.39 Å². The van der Waals surface area contributed by atoms with Gasteiger partial charge in [0, 0.05) is 0 Å². The van der Waals surface area contributed by atoms with Gasteiger partial charge in [-0.25, -0.2) is 9.37 Å². The Bertz CT molecular complexity index is 1470. The van der Waals surface area contributed by atoms with Gasteiger partial charge < -0.3 is 0 Å². The first-order valence-electron chi connectivity index (χ1n) is 10.00. The van der Waals surface area contributed by atoms with Gasteiger partial charge in [-0.1, -0.05) is 48.9 Å². The molecule has 0 fully saturated rings. The molecule has 0 radical (unpaired) electrons. The van der Waals surface area contributed by atoms with E-state index in [4.69, 9.17) is 0 Å². The molecule has 0 aliphatic heterocycles. The van der Waals surface area contributed by atoms with Crippen LogP contribution >= 0.6 is 0 Å². The molecule has 3 heterocycles. The normalized spacial score (nSPS) is 11.5. The van der Waals surface area contributed by atoms with Gasteiger partial charge in [-0.3, -0.25) is 9.36 Å². The predicted molar refractivity (Wildman–Crippen MR) is 115 cm³/mol. The van der Waals surface area contributed by atoms with Crippen LogP contribution in [0.15, 0.2) is 59.7 Å². The van der Waals surface area contributed by atoms with Crippen LogP contribution in [0.5, 0.6) is 0 Å². The molecule has 0 aliphatic carbocycles. The van der Waals surface area contributed by atoms with E-state index in [0.717, 1.165) is 27.9 Å². The number of hydrogen-bond donors (Lipinski definition) is 0. The van der Waals surface area contributed by atoms with E-state index in [1.807, 2.05) is 38.1 Å². The number of benzene rings is 2. The van der Waals surface area contributed by atoms with Crippen LogP contribution in [-0.2, 0) is 13.0 Å². The zero-order valence-electron chi connectivity index (χ0n) is 17.1. The third-order valence-corrected chi connectivity index (χ3v) is 5.31. The Labute approximate surface area is 176 Å². The van der Waals surface area contributed by atoms with Gasteiger partial charge in [0.1, 0.15) is 12.1 Å². The fraction of sp³-hybridized carbons (Fsp3) is 0.174. The maximum atomic E-state index is 13.4. The smallest absolute Gasteiger partial charge is 0.283 e. The molecule has 0 aliphatic rings. The number of fused-ring (bicyclic) bond motifs is 3. The second kappa shape index (κ2) is 7.39. The van der Waals surface area contributed by atoms with E-state index in [1.165, 1.54) is 23.0 Å². The maximum Gasteiger partial charge on any atom is 0.283 e. The lowest BCUT2D eigenvalue weighted by Crippen LogP contribution is -2.23. The first kappa shape index (κ1) is 19.0. The van der Waals surface area contributed by atoms with E-state index in [9.17, 15) is 9.18 Å². The molecule has 0 atom stereocenters. The van der Waals surface area contributed by atoms with Gasteiger partial charge in [-0.15, -0.1) is 10.2 Å². The minimum atomic E-state index is -0.314. The molecule has 0 spiro atoms. The van der Waals surface area contributed by atoms with Crippen LogP contribution in [0.1, 0.15) is 23.7 Å². The molecule has 7 nitrogen and oxygen atoms in total. The molecular weight excluding hydrogens is 395 g/mol. The highest BCUT2D eigenvalue weighted by atomic mass is 19.1. The van der Waals surface area contributed by atoms with Crippen molar-refractivity contribution in [3.8, 4) is 11.1 Å². The fourth-order valence-corrected chi connectivity index (χ4v) is 3.67. The standard InChI is InChI=1S/C23H19FN6O/c1-3-18-19(16-8-10-17(24)11-9-16)21-27-26-20-22(30(21)28-18)25-13-29(23(20)31)12-15-6-4-14(2)5-7-15/h4-11,13H,3,12H2,1-2H3. The molecule has 3 aromatic heterocycles. The van der Waals surface area contributed by atoms with Gasteiger partial charge >= 0.3 is 0 Å². The highest BCUT2D eigenvalue weighted by molar-refractivity contribution is 5.83. The molecule has 5 aromatic rings. The summed E-state index contributed by atoms with van der Waals surface area (Å²) in [4.78, 5) is 17.5. The summed E-state index contributed by atoms with van der Waals surface area (Å²) in [5, 5.41) is 13.1. The highest BCUT2D eigenvalue weighted by Crippen LogP contribution is 2.28. The van der Waals surface area contributed by atoms with Crippen molar-refractivity contribution in [2.75, 3.05) is 0 Å². The number of nitrogens with zero attached hydrogens (tertiary/aromatic N) is 6. The molecule has 31 heavy (non-hydrogen) atoms. The lowest BCUT2D eigenvalue weighted by atomic mass is 10.0.